The molecule has 1 aliphatic rings. The second kappa shape index (κ2) is 7.01. The summed E-state index contributed by atoms with van der Waals surface area (Å²) in [6.45, 7) is 10.4. The average Bonchev–Trinajstić information content (AvgIpc) is 2.09. The molecule has 1 nitrogen and oxygen atoms in total. The van der Waals surface area contributed by atoms with Gasteiger partial charge in [0.05, 0.1) is 0 Å². The smallest absolute Gasteiger partial charge is 0.342 e. The molecule has 2 heteroatoms. The Labute approximate surface area is 89.1 Å². The first kappa shape index (κ1) is 12.6. The van der Waals surface area contributed by atoms with E-state index in [0.717, 1.165) is 12.8 Å². The van der Waals surface area contributed by atoms with Crippen molar-refractivity contribution in [1.82, 2.24) is 4.90 Å². The first-order valence-electron chi connectivity index (χ1n) is 4.71. The summed E-state index contributed by atoms with van der Waals surface area (Å²) < 4.78 is 0. The third-order valence-corrected chi connectivity index (χ3v) is 2.57. The van der Waals surface area contributed by atoms with Gasteiger partial charge >= 0.3 is 18.9 Å². The van der Waals surface area contributed by atoms with Gasteiger partial charge in [-0.05, 0) is 32.0 Å². The van der Waals surface area contributed by atoms with Gasteiger partial charge < -0.3 is 18.7 Å². The summed E-state index contributed by atoms with van der Waals surface area (Å²) in [5.41, 5.74) is 0. The molecule has 0 radical (unpaired) electrons. The molecule has 0 N–H and O–H groups in total. The maximum Gasteiger partial charge on any atom is 1.00 e. The molecule has 0 aliphatic carbocycles. The second-order valence-electron chi connectivity index (χ2n) is 3.33. The normalized spacial score (nSPS) is 19.2. The van der Waals surface area contributed by atoms with E-state index in [4.69, 9.17) is 0 Å². The van der Waals surface area contributed by atoms with Crippen LogP contribution in [-0.2, 0) is 0 Å². The largest absolute Gasteiger partial charge is 1.00 e. The monoisotopic (exact) mass is 160 g/mol. The number of hydrogen-bond donors (Lipinski definition) is 0. The summed E-state index contributed by atoms with van der Waals surface area (Å²) in [5, 5.41) is 0. The van der Waals surface area contributed by atoms with E-state index in [2.05, 4.69) is 18.7 Å². The Morgan fingerprint density at radius 1 is 1.00 bits per heavy atom. The maximum atomic E-state index is 3.95. The van der Waals surface area contributed by atoms with Crippen LogP contribution in [0.25, 0.3) is 0 Å². The van der Waals surface area contributed by atoms with Gasteiger partial charge in [-0.1, -0.05) is 6.42 Å². The van der Waals surface area contributed by atoms with Gasteiger partial charge in [0, 0.05) is 0 Å². The van der Waals surface area contributed by atoms with Gasteiger partial charge in [0.1, 0.15) is 0 Å². The molecule has 0 unspecified atom stereocenters. The second-order valence-corrected chi connectivity index (χ2v) is 3.33. The van der Waals surface area contributed by atoms with Crippen LogP contribution in [0.1, 0.15) is 32.1 Å². The third kappa shape index (κ3) is 3.52. The van der Waals surface area contributed by atoms with Gasteiger partial charge in [-0.3, -0.25) is 0 Å². The van der Waals surface area contributed by atoms with Crippen molar-refractivity contribution in [3.63, 3.8) is 0 Å². The number of nitrogens with zero attached hydrogens (tertiary/aromatic N) is 1. The zero-order chi connectivity index (χ0) is 8.10. The Morgan fingerprint density at radius 2 is 1.50 bits per heavy atom. The van der Waals surface area contributed by atoms with Crippen molar-refractivity contribution in [3.05, 3.63) is 13.8 Å². The van der Waals surface area contributed by atoms with Crippen molar-refractivity contribution >= 4 is 0 Å². The zero-order valence-electron chi connectivity index (χ0n) is 8.39. The molecule has 0 saturated carbocycles. The van der Waals surface area contributed by atoms with Crippen LogP contribution in [0.15, 0.2) is 0 Å². The summed E-state index contributed by atoms with van der Waals surface area (Å²) in [4.78, 5) is 2.55. The maximum absolute atomic E-state index is 3.95. The van der Waals surface area contributed by atoms with Gasteiger partial charge in [0.15, 0.2) is 0 Å². The van der Waals surface area contributed by atoms with Crippen molar-refractivity contribution in [3.8, 4) is 0 Å². The molecule has 1 rings (SSSR count). The quantitative estimate of drug-likeness (QED) is 0.389. The Hall–Kier alpha value is 0.557. The van der Waals surface area contributed by atoms with E-state index in [9.17, 15) is 0 Å². The molecule has 0 atom stereocenters. The number of rotatable bonds is 3. The Balaban J connectivity index is 0.00000121. The van der Waals surface area contributed by atoms with E-state index in [0.29, 0.717) is 6.04 Å². The van der Waals surface area contributed by atoms with E-state index < -0.39 is 0 Å². The number of likely N-dealkylation sites (tertiary alicyclic amines) is 1. The third-order valence-electron chi connectivity index (χ3n) is 2.57. The molecule has 12 heavy (non-hydrogen) atoms. The minimum Gasteiger partial charge on any atom is -0.342 e. The van der Waals surface area contributed by atoms with Crippen molar-refractivity contribution in [1.29, 1.82) is 0 Å². The first-order chi connectivity index (χ1) is 5.38. The van der Waals surface area contributed by atoms with Crippen molar-refractivity contribution in [2.24, 2.45) is 0 Å². The predicted octanol–water partition coefficient (Wildman–Crippen LogP) is -0.707. The molecule has 0 aromatic heterocycles. The first-order valence-corrected chi connectivity index (χ1v) is 4.71. The molecule has 0 aromatic carbocycles. The molecular weight excluding hydrogens is 141 g/mol. The summed E-state index contributed by atoms with van der Waals surface area (Å²) in [5.74, 6) is 0. The van der Waals surface area contributed by atoms with Crippen molar-refractivity contribution in [2.45, 2.75) is 38.1 Å². The topological polar surface area (TPSA) is 3.24 Å². The van der Waals surface area contributed by atoms with E-state index in [1.165, 1.54) is 32.4 Å². The van der Waals surface area contributed by atoms with Crippen LogP contribution in [0.4, 0.5) is 0 Å². The summed E-state index contributed by atoms with van der Waals surface area (Å²) in [6, 6.07) is 0.648. The molecule has 1 aliphatic heterocycles. The molecule has 0 amide bonds. The minimum atomic E-state index is 0. The molecule has 1 fully saturated rings. The van der Waals surface area contributed by atoms with Crippen LogP contribution in [0.3, 0.4) is 0 Å². The molecule has 0 bridgehead atoms. The fraction of sp³-hybridized carbons (Fsp3) is 0.800. The molecular formula is C10H19LiN-. The fourth-order valence-corrected chi connectivity index (χ4v) is 1.79. The zero-order valence-corrected chi connectivity index (χ0v) is 8.39. The number of piperidine rings is 1. The average molecular weight is 160 g/mol. The molecule has 66 valence electrons. The van der Waals surface area contributed by atoms with Gasteiger partial charge in [-0.15, -0.1) is 0 Å². The summed E-state index contributed by atoms with van der Waals surface area (Å²) in [7, 11) is 0. The molecule has 1 heterocycles. The standard InChI is InChI=1S/C10H19N.Li/c1-3-10(4-2)11-8-6-5-7-9-11;/h10H,1-9H2;/q-2;+1. The van der Waals surface area contributed by atoms with E-state index in [-0.39, 0.29) is 18.9 Å². The van der Waals surface area contributed by atoms with E-state index >= 15 is 0 Å². The molecule has 0 spiro atoms. The van der Waals surface area contributed by atoms with Gasteiger partial charge in [-0.25, -0.2) is 0 Å². The SMILES string of the molecule is [CH2-]CC(C[CH2-])N1CCCCC1.[Li+]. The van der Waals surface area contributed by atoms with Gasteiger partial charge in [0.25, 0.3) is 0 Å². The summed E-state index contributed by atoms with van der Waals surface area (Å²) in [6.07, 6.45) is 6.19. The summed E-state index contributed by atoms with van der Waals surface area (Å²) >= 11 is 0. The Morgan fingerprint density at radius 3 is 1.92 bits per heavy atom. The van der Waals surface area contributed by atoms with Crippen LogP contribution in [0.5, 0.6) is 0 Å². The van der Waals surface area contributed by atoms with Crippen LogP contribution >= 0.6 is 0 Å². The molecule has 1 saturated heterocycles. The Kier molecular flexibility index (Phi) is 7.33. The van der Waals surface area contributed by atoms with Gasteiger partial charge in [0.2, 0.25) is 0 Å². The van der Waals surface area contributed by atoms with Crippen LogP contribution in [-0.4, -0.2) is 24.0 Å². The van der Waals surface area contributed by atoms with Crippen molar-refractivity contribution < 1.29 is 18.9 Å². The van der Waals surface area contributed by atoms with Crippen LogP contribution < -0.4 is 18.9 Å². The Bertz CT molecular complexity index is 96.0. The van der Waals surface area contributed by atoms with E-state index in [1.54, 1.807) is 0 Å². The fourth-order valence-electron chi connectivity index (χ4n) is 1.79. The van der Waals surface area contributed by atoms with E-state index in [1.807, 2.05) is 0 Å². The van der Waals surface area contributed by atoms with Gasteiger partial charge in [-0.2, -0.15) is 12.8 Å². The van der Waals surface area contributed by atoms with Crippen LogP contribution in [0, 0.1) is 13.8 Å². The number of hydrogen-bond acceptors (Lipinski definition) is 1. The minimum absolute atomic E-state index is 0. The predicted molar refractivity (Wildman–Crippen MR) is 49.2 cm³/mol. The van der Waals surface area contributed by atoms with Crippen molar-refractivity contribution in [2.75, 3.05) is 13.1 Å². The van der Waals surface area contributed by atoms with Crippen LogP contribution in [0.2, 0.25) is 0 Å². The molecule has 0 aromatic rings.